The molecule has 2 heterocycles. The summed E-state index contributed by atoms with van der Waals surface area (Å²) in [5.41, 5.74) is 0.630. The monoisotopic (exact) mass is 389 g/mol. The minimum absolute atomic E-state index is 0.0181. The maximum atomic E-state index is 14.3. The molecule has 3 aromatic rings. The maximum Gasteiger partial charge on any atom is 0.337 e. The topological polar surface area (TPSA) is 126 Å². The number of esters is 1. The van der Waals surface area contributed by atoms with Crippen LogP contribution in [0.4, 0.5) is 10.2 Å². The van der Waals surface area contributed by atoms with Crippen LogP contribution in [-0.4, -0.2) is 36.1 Å². The van der Waals surface area contributed by atoms with Gasteiger partial charge in [0.05, 0.1) is 18.9 Å². The second-order valence-electron chi connectivity index (χ2n) is 5.43. The van der Waals surface area contributed by atoms with Gasteiger partial charge in [0.15, 0.2) is 5.65 Å². The first-order valence-corrected chi connectivity index (χ1v) is 8.91. The molecule has 0 bridgehead atoms. The molecule has 2 aromatic heterocycles. The van der Waals surface area contributed by atoms with E-state index in [2.05, 4.69) is 19.5 Å². The molecule has 138 valence electrons. The molecular weight excluding hydrogens is 377 g/mol. The SMILES string of the molecule is COC(=O)c1ccc(S(=O)(=O)Nc2cc(C)nc3c(C#N)cnn23)c(F)c1. The van der Waals surface area contributed by atoms with E-state index < -0.39 is 26.7 Å². The predicted octanol–water partition coefficient (Wildman–Crippen LogP) is 1.64. The Morgan fingerprint density at radius 2 is 2.11 bits per heavy atom. The summed E-state index contributed by atoms with van der Waals surface area (Å²) < 4.78 is 47.3. The van der Waals surface area contributed by atoms with Gasteiger partial charge in [0, 0.05) is 11.8 Å². The molecule has 0 unspecified atom stereocenters. The van der Waals surface area contributed by atoms with E-state index in [0.29, 0.717) is 5.69 Å². The molecule has 11 heteroatoms. The average molecular weight is 389 g/mol. The second kappa shape index (κ2) is 6.65. The van der Waals surface area contributed by atoms with Crippen LogP contribution in [0.1, 0.15) is 21.6 Å². The fourth-order valence-electron chi connectivity index (χ4n) is 2.39. The Labute approximate surface area is 153 Å². The van der Waals surface area contributed by atoms with Crippen molar-refractivity contribution < 1.29 is 22.3 Å². The zero-order chi connectivity index (χ0) is 19.8. The van der Waals surface area contributed by atoms with E-state index in [0.717, 1.165) is 29.8 Å². The third kappa shape index (κ3) is 3.30. The Balaban J connectivity index is 2.06. The number of nitrogens with one attached hydrogen (secondary N) is 1. The summed E-state index contributed by atoms with van der Waals surface area (Å²) in [6.07, 6.45) is 1.24. The molecule has 0 amide bonds. The van der Waals surface area contributed by atoms with Gasteiger partial charge in [0.2, 0.25) is 0 Å². The molecule has 0 fully saturated rings. The number of carbonyl (C=O) groups is 1. The van der Waals surface area contributed by atoms with Crippen LogP contribution in [0.2, 0.25) is 0 Å². The number of rotatable bonds is 4. The number of fused-ring (bicyclic) bond motifs is 1. The van der Waals surface area contributed by atoms with Crippen molar-refractivity contribution in [3.05, 3.63) is 53.1 Å². The van der Waals surface area contributed by atoms with E-state index >= 15 is 0 Å². The predicted molar refractivity (Wildman–Crippen MR) is 91.0 cm³/mol. The van der Waals surface area contributed by atoms with Crippen molar-refractivity contribution in [2.24, 2.45) is 0 Å². The number of aryl methyl sites for hydroxylation is 1. The lowest BCUT2D eigenvalue weighted by atomic mass is 10.2. The van der Waals surface area contributed by atoms with Crippen LogP contribution in [0.5, 0.6) is 0 Å². The molecule has 0 aliphatic heterocycles. The molecule has 1 N–H and O–H groups in total. The van der Waals surface area contributed by atoms with Gasteiger partial charge in [-0.15, -0.1) is 0 Å². The highest BCUT2D eigenvalue weighted by molar-refractivity contribution is 7.92. The number of hydrogen-bond acceptors (Lipinski definition) is 7. The number of aromatic nitrogens is 3. The maximum absolute atomic E-state index is 14.3. The van der Waals surface area contributed by atoms with Crippen molar-refractivity contribution in [3.63, 3.8) is 0 Å². The summed E-state index contributed by atoms with van der Waals surface area (Å²) in [4.78, 5) is 14.9. The Morgan fingerprint density at radius 1 is 1.37 bits per heavy atom. The first kappa shape index (κ1) is 18.3. The molecule has 0 aliphatic carbocycles. The molecular formula is C16H12FN5O4S. The van der Waals surface area contributed by atoms with Gasteiger partial charge in [-0.05, 0) is 25.1 Å². The average Bonchev–Trinajstić information content (AvgIpc) is 3.03. The molecule has 9 nitrogen and oxygen atoms in total. The summed E-state index contributed by atoms with van der Waals surface area (Å²) in [7, 11) is -3.22. The Kier molecular flexibility index (Phi) is 4.50. The van der Waals surface area contributed by atoms with Crippen LogP contribution in [0.15, 0.2) is 35.4 Å². The highest BCUT2D eigenvalue weighted by Crippen LogP contribution is 2.22. The highest BCUT2D eigenvalue weighted by Gasteiger charge is 2.23. The lowest BCUT2D eigenvalue weighted by Gasteiger charge is -2.11. The molecule has 27 heavy (non-hydrogen) atoms. The Bertz CT molecular complexity index is 1210. The molecule has 1 aromatic carbocycles. The fourth-order valence-corrected chi connectivity index (χ4v) is 3.49. The summed E-state index contributed by atoms with van der Waals surface area (Å²) in [5, 5.41) is 13.0. The number of carbonyl (C=O) groups excluding carboxylic acids is 1. The van der Waals surface area contributed by atoms with Crippen LogP contribution in [0, 0.1) is 24.1 Å². The van der Waals surface area contributed by atoms with Crippen molar-refractivity contribution >= 4 is 27.5 Å². The Hall–Kier alpha value is -3.52. The van der Waals surface area contributed by atoms with Gasteiger partial charge in [-0.3, -0.25) is 4.72 Å². The van der Waals surface area contributed by atoms with E-state index in [1.165, 1.54) is 12.3 Å². The third-order valence-electron chi connectivity index (χ3n) is 3.60. The number of benzene rings is 1. The van der Waals surface area contributed by atoms with Crippen molar-refractivity contribution in [2.45, 2.75) is 11.8 Å². The number of anilines is 1. The molecule has 0 atom stereocenters. The lowest BCUT2D eigenvalue weighted by molar-refractivity contribution is 0.0600. The first-order valence-electron chi connectivity index (χ1n) is 7.43. The summed E-state index contributed by atoms with van der Waals surface area (Å²) >= 11 is 0. The van der Waals surface area contributed by atoms with Crippen LogP contribution in [0.3, 0.4) is 0 Å². The van der Waals surface area contributed by atoms with Gasteiger partial charge in [0.25, 0.3) is 10.0 Å². The number of hydrogen-bond donors (Lipinski definition) is 1. The Morgan fingerprint density at radius 3 is 2.74 bits per heavy atom. The fraction of sp³-hybridized carbons (Fsp3) is 0.125. The lowest BCUT2D eigenvalue weighted by Crippen LogP contribution is -2.18. The molecule has 0 saturated heterocycles. The van der Waals surface area contributed by atoms with Crippen LogP contribution >= 0.6 is 0 Å². The number of nitrogens with zero attached hydrogens (tertiary/aromatic N) is 4. The van der Waals surface area contributed by atoms with Gasteiger partial charge < -0.3 is 4.74 Å². The molecule has 0 aliphatic rings. The first-order chi connectivity index (χ1) is 12.8. The van der Waals surface area contributed by atoms with Crippen molar-refractivity contribution in [1.82, 2.24) is 14.6 Å². The van der Waals surface area contributed by atoms with Crippen molar-refractivity contribution in [2.75, 3.05) is 11.8 Å². The van der Waals surface area contributed by atoms with Crippen molar-refractivity contribution in [1.29, 1.82) is 5.26 Å². The normalized spacial score (nSPS) is 11.2. The van der Waals surface area contributed by atoms with Crippen molar-refractivity contribution in [3.8, 4) is 6.07 Å². The molecule has 3 rings (SSSR count). The van der Waals surface area contributed by atoms with Gasteiger partial charge in [-0.2, -0.15) is 14.9 Å². The number of methoxy groups -OCH3 is 1. The smallest absolute Gasteiger partial charge is 0.337 e. The van der Waals surface area contributed by atoms with Gasteiger partial charge in [0.1, 0.15) is 28.2 Å². The van der Waals surface area contributed by atoms with E-state index in [-0.39, 0.29) is 22.6 Å². The van der Waals surface area contributed by atoms with E-state index in [1.807, 2.05) is 6.07 Å². The van der Waals surface area contributed by atoms with Gasteiger partial charge in [-0.25, -0.2) is 22.6 Å². The van der Waals surface area contributed by atoms with E-state index in [4.69, 9.17) is 5.26 Å². The standard InChI is InChI=1S/C16H12FN5O4S/c1-9-5-14(22-15(20-9)11(7-18)8-19-22)21-27(24,25)13-4-3-10(6-12(13)17)16(23)26-2/h3-6,8,21H,1-2H3. The number of ether oxygens (including phenoxy) is 1. The largest absolute Gasteiger partial charge is 0.465 e. The molecule has 0 spiro atoms. The zero-order valence-corrected chi connectivity index (χ0v) is 14.9. The van der Waals surface area contributed by atoms with Crippen LogP contribution in [0.25, 0.3) is 5.65 Å². The van der Waals surface area contributed by atoms with Gasteiger partial charge in [-0.1, -0.05) is 0 Å². The van der Waals surface area contributed by atoms with Crippen LogP contribution in [-0.2, 0) is 14.8 Å². The number of halogens is 1. The minimum Gasteiger partial charge on any atom is -0.465 e. The molecule has 0 radical (unpaired) electrons. The van der Waals surface area contributed by atoms with Gasteiger partial charge >= 0.3 is 5.97 Å². The summed E-state index contributed by atoms with van der Waals surface area (Å²) in [5.74, 6) is -1.93. The highest BCUT2D eigenvalue weighted by atomic mass is 32.2. The second-order valence-corrected chi connectivity index (χ2v) is 7.08. The van der Waals surface area contributed by atoms with E-state index in [1.54, 1.807) is 6.92 Å². The third-order valence-corrected chi connectivity index (χ3v) is 4.99. The number of sulfonamides is 1. The zero-order valence-electron chi connectivity index (χ0n) is 14.1. The van der Waals surface area contributed by atoms with E-state index in [9.17, 15) is 17.6 Å². The quantitative estimate of drug-likeness (QED) is 0.672. The molecule has 0 saturated carbocycles. The minimum atomic E-state index is -4.35. The van der Waals surface area contributed by atoms with Crippen LogP contribution < -0.4 is 4.72 Å². The summed E-state index contributed by atoms with van der Waals surface area (Å²) in [6.45, 7) is 1.61. The number of nitriles is 1. The summed E-state index contributed by atoms with van der Waals surface area (Å²) in [6, 6.07) is 6.16.